The Kier molecular flexibility index (Phi) is 3.94. The van der Waals surface area contributed by atoms with Gasteiger partial charge in [-0.3, -0.25) is 0 Å². The van der Waals surface area contributed by atoms with Crippen molar-refractivity contribution in [3.8, 4) is 11.4 Å². The molecule has 0 fully saturated rings. The topological polar surface area (TPSA) is 55.0 Å². The standard InChI is InChI=1S/C17H13ClN2O2/c1-2-9-22-17(21)12-5-3-11(4-6-12)16-19-14-8-7-13(18)10-15(14)20-16/h2-8,10H,1,9H2,(H,19,20). The summed E-state index contributed by atoms with van der Waals surface area (Å²) in [7, 11) is 0. The zero-order valence-corrected chi connectivity index (χ0v) is 12.4. The Hall–Kier alpha value is -2.59. The minimum atomic E-state index is -0.372. The van der Waals surface area contributed by atoms with Gasteiger partial charge < -0.3 is 9.72 Å². The summed E-state index contributed by atoms with van der Waals surface area (Å²) in [5.74, 6) is 0.353. The second-order valence-electron chi connectivity index (χ2n) is 4.71. The van der Waals surface area contributed by atoms with Crippen molar-refractivity contribution in [2.45, 2.75) is 0 Å². The van der Waals surface area contributed by atoms with Gasteiger partial charge >= 0.3 is 5.97 Å². The zero-order chi connectivity index (χ0) is 15.5. The monoisotopic (exact) mass is 312 g/mol. The fraction of sp³-hybridized carbons (Fsp3) is 0.0588. The van der Waals surface area contributed by atoms with Crippen LogP contribution >= 0.6 is 11.6 Å². The lowest BCUT2D eigenvalue weighted by molar-refractivity contribution is 0.0550. The van der Waals surface area contributed by atoms with E-state index in [4.69, 9.17) is 16.3 Å². The number of ether oxygens (including phenoxy) is 1. The number of hydrogen-bond donors (Lipinski definition) is 1. The summed E-state index contributed by atoms with van der Waals surface area (Å²) in [6.07, 6.45) is 1.53. The number of aromatic amines is 1. The average Bonchev–Trinajstić information content (AvgIpc) is 2.95. The molecule has 3 aromatic rings. The van der Waals surface area contributed by atoms with Crippen LogP contribution in [0.15, 0.2) is 55.1 Å². The van der Waals surface area contributed by atoms with Gasteiger partial charge in [-0.05, 0) is 30.3 Å². The molecule has 0 aliphatic heterocycles. The molecule has 0 bridgehead atoms. The summed E-state index contributed by atoms with van der Waals surface area (Å²) in [6, 6.07) is 12.6. The number of benzene rings is 2. The Labute approximate surface area is 132 Å². The molecule has 1 N–H and O–H groups in total. The minimum absolute atomic E-state index is 0.199. The van der Waals surface area contributed by atoms with E-state index >= 15 is 0 Å². The maximum Gasteiger partial charge on any atom is 0.338 e. The molecule has 1 aromatic heterocycles. The van der Waals surface area contributed by atoms with Crippen LogP contribution in [0.4, 0.5) is 0 Å². The predicted molar refractivity (Wildman–Crippen MR) is 87.0 cm³/mol. The zero-order valence-electron chi connectivity index (χ0n) is 11.7. The van der Waals surface area contributed by atoms with Crippen LogP contribution in [0, 0.1) is 0 Å². The molecule has 0 radical (unpaired) electrons. The van der Waals surface area contributed by atoms with E-state index in [2.05, 4.69) is 16.5 Å². The predicted octanol–water partition coefficient (Wildman–Crippen LogP) is 4.23. The summed E-state index contributed by atoms with van der Waals surface area (Å²) in [6.45, 7) is 3.71. The van der Waals surface area contributed by atoms with E-state index < -0.39 is 0 Å². The number of esters is 1. The van der Waals surface area contributed by atoms with E-state index in [1.54, 1.807) is 18.2 Å². The van der Waals surface area contributed by atoms with Gasteiger partial charge in [0.25, 0.3) is 0 Å². The van der Waals surface area contributed by atoms with E-state index in [0.29, 0.717) is 10.6 Å². The third kappa shape index (κ3) is 2.87. The first-order valence-corrected chi connectivity index (χ1v) is 7.09. The van der Waals surface area contributed by atoms with Gasteiger partial charge in [0.2, 0.25) is 0 Å². The van der Waals surface area contributed by atoms with Gasteiger partial charge in [-0.15, -0.1) is 0 Å². The molecule has 22 heavy (non-hydrogen) atoms. The molecular weight excluding hydrogens is 300 g/mol. The highest BCUT2D eigenvalue weighted by Crippen LogP contribution is 2.23. The molecular formula is C17H13ClN2O2. The minimum Gasteiger partial charge on any atom is -0.458 e. The second-order valence-corrected chi connectivity index (χ2v) is 5.15. The highest BCUT2D eigenvalue weighted by atomic mass is 35.5. The number of nitrogens with one attached hydrogen (secondary N) is 1. The molecule has 4 nitrogen and oxygen atoms in total. The summed E-state index contributed by atoms with van der Waals surface area (Å²) >= 11 is 5.97. The Morgan fingerprint density at radius 3 is 2.77 bits per heavy atom. The molecule has 0 saturated heterocycles. The number of H-pyrrole nitrogens is 1. The number of carbonyl (C=O) groups excluding carboxylic acids is 1. The number of nitrogens with zero attached hydrogens (tertiary/aromatic N) is 1. The Morgan fingerprint density at radius 1 is 1.27 bits per heavy atom. The van der Waals surface area contributed by atoms with Crippen molar-refractivity contribution in [1.82, 2.24) is 9.97 Å². The van der Waals surface area contributed by atoms with Crippen LogP contribution in [0.25, 0.3) is 22.4 Å². The number of imidazole rings is 1. The van der Waals surface area contributed by atoms with E-state index in [-0.39, 0.29) is 12.6 Å². The molecule has 5 heteroatoms. The van der Waals surface area contributed by atoms with Gasteiger partial charge in [0.05, 0.1) is 16.6 Å². The first-order chi connectivity index (χ1) is 10.7. The Bertz CT molecular complexity index is 837. The van der Waals surface area contributed by atoms with Crippen molar-refractivity contribution in [3.63, 3.8) is 0 Å². The largest absolute Gasteiger partial charge is 0.458 e. The van der Waals surface area contributed by atoms with Crippen LogP contribution < -0.4 is 0 Å². The van der Waals surface area contributed by atoms with Crippen LogP contribution in [-0.2, 0) is 4.74 Å². The maximum atomic E-state index is 11.7. The first kappa shape index (κ1) is 14.4. The summed E-state index contributed by atoms with van der Waals surface area (Å²) in [4.78, 5) is 19.4. The SMILES string of the molecule is C=CCOC(=O)c1ccc(-c2nc3ccc(Cl)cc3[nH]2)cc1. The third-order valence-corrected chi connectivity index (χ3v) is 3.41. The van der Waals surface area contributed by atoms with Gasteiger partial charge in [0.1, 0.15) is 12.4 Å². The van der Waals surface area contributed by atoms with Gasteiger partial charge in [0, 0.05) is 10.6 Å². The molecule has 0 aliphatic rings. The lowest BCUT2D eigenvalue weighted by Crippen LogP contribution is -2.04. The fourth-order valence-corrected chi connectivity index (χ4v) is 2.27. The van der Waals surface area contributed by atoms with Crippen LogP contribution in [0.5, 0.6) is 0 Å². The number of carbonyl (C=O) groups is 1. The molecule has 0 atom stereocenters. The van der Waals surface area contributed by atoms with Crippen molar-refractivity contribution in [1.29, 1.82) is 0 Å². The molecule has 0 aliphatic carbocycles. The first-order valence-electron chi connectivity index (χ1n) is 6.71. The molecule has 110 valence electrons. The van der Waals surface area contributed by atoms with Gasteiger partial charge in [-0.2, -0.15) is 0 Å². The summed E-state index contributed by atoms with van der Waals surface area (Å²) in [5, 5.41) is 0.656. The molecule has 3 rings (SSSR count). The number of halogens is 1. The molecule has 0 spiro atoms. The van der Waals surface area contributed by atoms with Crippen LogP contribution in [0.3, 0.4) is 0 Å². The molecule has 0 amide bonds. The number of rotatable bonds is 4. The fourth-order valence-electron chi connectivity index (χ4n) is 2.10. The van der Waals surface area contributed by atoms with Crippen molar-refractivity contribution in [2.75, 3.05) is 6.61 Å². The van der Waals surface area contributed by atoms with E-state index in [1.165, 1.54) is 6.08 Å². The number of fused-ring (bicyclic) bond motifs is 1. The second kappa shape index (κ2) is 6.03. The summed E-state index contributed by atoms with van der Waals surface area (Å²) in [5.41, 5.74) is 3.09. The van der Waals surface area contributed by atoms with Crippen molar-refractivity contribution < 1.29 is 9.53 Å². The highest BCUT2D eigenvalue weighted by molar-refractivity contribution is 6.31. The third-order valence-electron chi connectivity index (χ3n) is 3.17. The number of aromatic nitrogens is 2. The molecule has 0 saturated carbocycles. The Morgan fingerprint density at radius 2 is 2.05 bits per heavy atom. The lowest BCUT2D eigenvalue weighted by Gasteiger charge is -2.02. The maximum absolute atomic E-state index is 11.7. The highest BCUT2D eigenvalue weighted by Gasteiger charge is 2.09. The lowest BCUT2D eigenvalue weighted by atomic mass is 10.1. The summed E-state index contributed by atoms with van der Waals surface area (Å²) < 4.78 is 4.99. The van der Waals surface area contributed by atoms with E-state index in [0.717, 1.165) is 22.4 Å². The smallest absolute Gasteiger partial charge is 0.338 e. The van der Waals surface area contributed by atoms with Gasteiger partial charge in [0.15, 0.2) is 0 Å². The van der Waals surface area contributed by atoms with Crippen LogP contribution in [0.2, 0.25) is 5.02 Å². The van der Waals surface area contributed by atoms with Gasteiger partial charge in [-0.25, -0.2) is 9.78 Å². The van der Waals surface area contributed by atoms with E-state index in [1.807, 2.05) is 24.3 Å². The van der Waals surface area contributed by atoms with Crippen molar-refractivity contribution in [2.24, 2.45) is 0 Å². The molecule has 1 heterocycles. The normalized spacial score (nSPS) is 10.6. The molecule has 2 aromatic carbocycles. The average molecular weight is 313 g/mol. The van der Waals surface area contributed by atoms with Crippen molar-refractivity contribution in [3.05, 3.63) is 65.7 Å². The van der Waals surface area contributed by atoms with Crippen LogP contribution in [0.1, 0.15) is 10.4 Å². The Balaban J connectivity index is 1.87. The number of hydrogen-bond acceptors (Lipinski definition) is 3. The quantitative estimate of drug-likeness (QED) is 0.579. The van der Waals surface area contributed by atoms with Crippen molar-refractivity contribution >= 4 is 28.6 Å². The van der Waals surface area contributed by atoms with E-state index in [9.17, 15) is 4.79 Å². The van der Waals surface area contributed by atoms with Gasteiger partial charge in [-0.1, -0.05) is 36.4 Å². The van der Waals surface area contributed by atoms with Crippen LogP contribution in [-0.4, -0.2) is 22.5 Å². The molecule has 0 unspecified atom stereocenters.